The summed E-state index contributed by atoms with van der Waals surface area (Å²) in [5.74, 6) is 0.906. The van der Waals surface area contributed by atoms with E-state index in [1.165, 1.54) is 11.1 Å². The Labute approximate surface area is 109 Å². The second-order valence-electron chi connectivity index (χ2n) is 5.39. The fraction of sp³-hybridized carbons (Fsp3) is 0.562. The number of hydrogen-bond donors (Lipinski definition) is 0. The molecule has 1 fully saturated rings. The first kappa shape index (κ1) is 13.3. The summed E-state index contributed by atoms with van der Waals surface area (Å²) in [7, 11) is 0. The predicted octanol–water partition coefficient (Wildman–Crippen LogP) is 3.23. The molecule has 0 unspecified atom stereocenters. The minimum atomic E-state index is 0.366. The molecule has 1 aromatic rings. The van der Waals surface area contributed by atoms with Crippen molar-refractivity contribution in [3.63, 3.8) is 0 Å². The molecule has 1 heterocycles. The molecule has 1 saturated heterocycles. The average molecular weight is 246 g/mol. The molecule has 98 valence electrons. The number of rotatable bonds is 4. The number of Topliss-reactive ketones (excluding diaryl/α,β-unsaturated/α-hetero) is 1. The van der Waals surface area contributed by atoms with Gasteiger partial charge in [0.1, 0.15) is 5.78 Å². The van der Waals surface area contributed by atoms with Gasteiger partial charge in [-0.1, -0.05) is 18.2 Å². The zero-order valence-corrected chi connectivity index (χ0v) is 11.4. The zero-order valence-electron chi connectivity index (χ0n) is 11.4. The molecule has 0 radical (unpaired) electrons. The van der Waals surface area contributed by atoms with Crippen LogP contribution in [0.5, 0.6) is 0 Å². The second kappa shape index (κ2) is 6.14. The van der Waals surface area contributed by atoms with Crippen molar-refractivity contribution in [2.45, 2.75) is 39.5 Å². The summed E-state index contributed by atoms with van der Waals surface area (Å²) >= 11 is 0. The molecular weight excluding hydrogens is 224 g/mol. The summed E-state index contributed by atoms with van der Waals surface area (Å²) in [6, 6.07) is 6.31. The number of hydrogen-bond acceptors (Lipinski definition) is 2. The Morgan fingerprint density at radius 3 is 2.61 bits per heavy atom. The van der Waals surface area contributed by atoms with Crippen molar-refractivity contribution in [3.8, 4) is 0 Å². The SMILES string of the molecule is Cc1ccc(CC(=O)CC2CCOCC2)cc1C. The molecule has 0 amide bonds. The molecule has 1 aromatic carbocycles. The van der Waals surface area contributed by atoms with E-state index in [0.717, 1.165) is 38.0 Å². The van der Waals surface area contributed by atoms with E-state index in [9.17, 15) is 4.79 Å². The van der Waals surface area contributed by atoms with Gasteiger partial charge in [0.15, 0.2) is 0 Å². The normalized spacial score (nSPS) is 16.8. The van der Waals surface area contributed by atoms with E-state index < -0.39 is 0 Å². The van der Waals surface area contributed by atoms with Gasteiger partial charge in [-0.2, -0.15) is 0 Å². The van der Waals surface area contributed by atoms with Crippen LogP contribution in [0.4, 0.5) is 0 Å². The highest BCUT2D eigenvalue weighted by Crippen LogP contribution is 2.20. The first-order chi connectivity index (χ1) is 8.65. The maximum atomic E-state index is 12.0. The van der Waals surface area contributed by atoms with Gasteiger partial charge in [0.25, 0.3) is 0 Å². The van der Waals surface area contributed by atoms with Crippen LogP contribution in [0, 0.1) is 19.8 Å². The molecular formula is C16H22O2. The van der Waals surface area contributed by atoms with E-state index in [0.29, 0.717) is 18.1 Å². The lowest BCUT2D eigenvalue weighted by molar-refractivity contribution is -0.120. The first-order valence-corrected chi connectivity index (χ1v) is 6.80. The van der Waals surface area contributed by atoms with Gasteiger partial charge < -0.3 is 4.74 Å². The molecule has 1 aliphatic heterocycles. The lowest BCUT2D eigenvalue weighted by Gasteiger charge is -2.21. The third kappa shape index (κ3) is 3.67. The molecule has 0 atom stereocenters. The van der Waals surface area contributed by atoms with Crippen molar-refractivity contribution in [1.82, 2.24) is 0 Å². The summed E-state index contributed by atoms with van der Waals surface area (Å²) in [6.45, 7) is 5.84. The Balaban J connectivity index is 1.88. The summed E-state index contributed by atoms with van der Waals surface area (Å²) in [5.41, 5.74) is 3.71. The van der Waals surface area contributed by atoms with Crippen molar-refractivity contribution < 1.29 is 9.53 Å². The van der Waals surface area contributed by atoms with Crippen molar-refractivity contribution >= 4 is 5.78 Å². The van der Waals surface area contributed by atoms with Gasteiger partial charge in [0.05, 0.1) is 0 Å². The highest BCUT2D eigenvalue weighted by Gasteiger charge is 2.17. The molecule has 1 aliphatic rings. The van der Waals surface area contributed by atoms with Crippen molar-refractivity contribution in [2.75, 3.05) is 13.2 Å². The van der Waals surface area contributed by atoms with Crippen LogP contribution in [0.3, 0.4) is 0 Å². The number of aryl methyl sites for hydroxylation is 2. The summed E-state index contributed by atoms with van der Waals surface area (Å²) < 4.78 is 5.32. The number of carbonyl (C=O) groups excluding carboxylic acids is 1. The van der Waals surface area contributed by atoms with Gasteiger partial charge in [-0.05, 0) is 49.3 Å². The fourth-order valence-corrected chi connectivity index (χ4v) is 2.49. The van der Waals surface area contributed by atoms with Crippen LogP contribution in [-0.2, 0) is 16.0 Å². The molecule has 0 aromatic heterocycles. The van der Waals surface area contributed by atoms with E-state index in [1.54, 1.807) is 0 Å². The van der Waals surface area contributed by atoms with Gasteiger partial charge >= 0.3 is 0 Å². The van der Waals surface area contributed by atoms with Gasteiger partial charge in [0.2, 0.25) is 0 Å². The van der Waals surface area contributed by atoms with Gasteiger partial charge in [0, 0.05) is 26.1 Å². The Hall–Kier alpha value is -1.15. The molecule has 18 heavy (non-hydrogen) atoms. The van der Waals surface area contributed by atoms with Crippen LogP contribution in [0.2, 0.25) is 0 Å². The average Bonchev–Trinajstić information content (AvgIpc) is 2.35. The highest BCUT2D eigenvalue weighted by molar-refractivity contribution is 5.81. The van der Waals surface area contributed by atoms with Crippen molar-refractivity contribution in [3.05, 3.63) is 34.9 Å². The Bertz CT molecular complexity index is 417. The highest BCUT2D eigenvalue weighted by atomic mass is 16.5. The molecule has 2 nitrogen and oxygen atoms in total. The number of carbonyl (C=O) groups is 1. The van der Waals surface area contributed by atoms with E-state index in [2.05, 4.69) is 32.0 Å². The van der Waals surface area contributed by atoms with E-state index in [-0.39, 0.29) is 0 Å². The molecule has 0 aliphatic carbocycles. The zero-order chi connectivity index (χ0) is 13.0. The molecule has 0 N–H and O–H groups in total. The fourth-order valence-electron chi connectivity index (χ4n) is 2.49. The lowest BCUT2D eigenvalue weighted by atomic mass is 9.92. The van der Waals surface area contributed by atoms with Crippen LogP contribution in [0.25, 0.3) is 0 Å². The number of ether oxygens (including phenoxy) is 1. The monoisotopic (exact) mass is 246 g/mol. The lowest BCUT2D eigenvalue weighted by Crippen LogP contribution is -2.19. The maximum Gasteiger partial charge on any atom is 0.137 e. The first-order valence-electron chi connectivity index (χ1n) is 6.80. The largest absolute Gasteiger partial charge is 0.381 e. The van der Waals surface area contributed by atoms with E-state index >= 15 is 0 Å². The molecule has 2 rings (SSSR count). The molecule has 0 spiro atoms. The second-order valence-corrected chi connectivity index (χ2v) is 5.39. The minimum absolute atomic E-state index is 0.366. The van der Waals surface area contributed by atoms with Gasteiger partial charge in [-0.15, -0.1) is 0 Å². The Kier molecular flexibility index (Phi) is 4.54. The van der Waals surface area contributed by atoms with Crippen molar-refractivity contribution in [1.29, 1.82) is 0 Å². The standard InChI is InChI=1S/C16H22O2/c1-12-3-4-15(9-13(12)2)11-16(17)10-14-5-7-18-8-6-14/h3-4,9,14H,5-8,10-11H2,1-2H3. The number of ketones is 1. The maximum absolute atomic E-state index is 12.0. The third-order valence-electron chi connectivity index (χ3n) is 3.83. The third-order valence-corrected chi connectivity index (χ3v) is 3.83. The van der Waals surface area contributed by atoms with E-state index in [1.807, 2.05) is 0 Å². The summed E-state index contributed by atoms with van der Waals surface area (Å²) in [5, 5.41) is 0. The van der Waals surface area contributed by atoms with Crippen molar-refractivity contribution in [2.24, 2.45) is 5.92 Å². The quantitative estimate of drug-likeness (QED) is 0.815. The van der Waals surface area contributed by atoms with Crippen LogP contribution >= 0.6 is 0 Å². The summed E-state index contributed by atoms with van der Waals surface area (Å²) in [4.78, 5) is 12.0. The Morgan fingerprint density at radius 2 is 1.94 bits per heavy atom. The smallest absolute Gasteiger partial charge is 0.137 e. The minimum Gasteiger partial charge on any atom is -0.381 e. The van der Waals surface area contributed by atoms with Crippen LogP contribution < -0.4 is 0 Å². The molecule has 0 bridgehead atoms. The molecule has 0 saturated carbocycles. The van der Waals surface area contributed by atoms with Crippen LogP contribution in [0.15, 0.2) is 18.2 Å². The van der Waals surface area contributed by atoms with Gasteiger partial charge in [-0.25, -0.2) is 0 Å². The van der Waals surface area contributed by atoms with E-state index in [4.69, 9.17) is 4.74 Å². The van der Waals surface area contributed by atoms with Crippen LogP contribution in [-0.4, -0.2) is 19.0 Å². The van der Waals surface area contributed by atoms with Gasteiger partial charge in [-0.3, -0.25) is 4.79 Å². The predicted molar refractivity (Wildman–Crippen MR) is 72.8 cm³/mol. The summed E-state index contributed by atoms with van der Waals surface area (Å²) in [6.07, 6.45) is 3.38. The number of benzene rings is 1. The molecule has 2 heteroatoms. The van der Waals surface area contributed by atoms with Crippen LogP contribution in [0.1, 0.15) is 36.0 Å². The topological polar surface area (TPSA) is 26.3 Å². The Morgan fingerprint density at radius 1 is 1.22 bits per heavy atom.